The van der Waals surface area contributed by atoms with Crippen LogP contribution in [0.2, 0.25) is 0 Å². The van der Waals surface area contributed by atoms with Crippen molar-refractivity contribution < 1.29 is 17.6 Å². The summed E-state index contributed by atoms with van der Waals surface area (Å²) in [6.45, 7) is 2.22. The van der Waals surface area contributed by atoms with E-state index in [0.717, 1.165) is 4.57 Å². The van der Waals surface area contributed by atoms with E-state index in [1.807, 2.05) is 0 Å². The lowest BCUT2D eigenvalue weighted by atomic mass is 10.2. The zero-order valence-electron chi connectivity index (χ0n) is 10.9. The van der Waals surface area contributed by atoms with Crippen molar-refractivity contribution in [1.29, 1.82) is 0 Å². The molecular weight excluding hydrogens is 274 g/mol. The summed E-state index contributed by atoms with van der Waals surface area (Å²) in [5.74, 6) is -5.16. The minimum Gasteiger partial charge on any atom is -0.326 e. The maximum atomic E-state index is 13.6. The quantitative estimate of drug-likeness (QED) is 0.859. The molecule has 110 valence electrons. The Morgan fingerprint density at radius 3 is 2.60 bits per heavy atom. The monoisotopic (exact) mass is 289 g/mol. The first-order chi connectivity index (χ1) is 9.41. The zero-order valence-corrected chi connectivity index (χ0v) is 10.9. The number of nitrogens with zero attached hydrogens (tertiary/aromatic N) is 2. The third-order valence-corrected chi connectivity index (χ3v) is 3.07. The average molecular weight is 289 g/mol. The summed E-state index contributed by atoms with van der Waals surface area (Å²) in [5.41, 5.74) is 6.87. The van der Waals surface area contributed by atoms with Crippen LogP contribution in [-0.2, 0) is 19.0 Å². The predicted octanol–water partition coefficient (Wildman–Crippen LogP) is 3.26. The molecule has 0 saturated heterocycles. The molecule has 0 radical (unpaired) electrons. The lowest BCUT2D eigenvalue weighted by Gasteiger charge is -2.16. The molecule has 3 nitrogen and oxygen atoms in total. The first kappa shape index (κ1) is 14.8. The van der Waals surface area contributed by atoms with Crippen molar-refractivity contribution in [2.75, 3.05) is 0 Å². The second-order valence-electron chi connectivity index (χ2n) is 4.54. The van der Waals surface area contributed by atoms with Gasteiger partial charge >= 0.3 is 12.3 Å². The van der Waals surface area contributed by atoms with Crippen LogP contribution in [0.4, 0.5) is 17.6 Å². The molecule has 7 heteroatoms. The van der Waals surface area contributed by atoms with Gasteiger partial charge in [-0.15, -0.1) is 0 Å². The number of fused-ring (bicyclic) bond motifs is 1. The van der Waals surface area contributed by atoms with Crippen LogP contribution in [0.25, 0.3) is 11.0 Å². The summed E-state index contributed by atoms with van der Waals surface area (Å²) < 4.78 is 53.5. The van der Waals surface area contributed by atoms with E-state index in [-0.39, 0.29) is 18.6 Å². The number of nitrogens with two attached hydrogens (primary N) is 1. The van der Waals surface area contributed by atoms with Crippen molar-refractivity contribution in [1.82, 2.24) is 9.55 Å². The van der Waals surface area contributed by atoms with E-state index in [1.54, 1.807) is 25.1 Å². The van der Waals surface area contributed by atoms with Crippen LogP contribution in [0.5, 0.6) is 0 Å². The van der Waals surface area contributed by atoms with Gasteiger partial charge in [0.1, 0.15) is 0 Å². The minimum atomic E-state index is -4.27. The van der Waals surface area contributed by atoms with Crippen LogP contribution in [0.1, 0.15) is 24.7 Å². The fourth-order valence-electron chi connectivity index (χ4n) is 2.10. The number of aryl methyl sites for hydroxylation is 1. The third kappa shape index (κ3) is 2.37. The SMILES string of the molecule is CCCn1c(C(F)(F)C(F)F)nc2cc(CN)ccc21. The normalized spacial score (nSPS) is 12.6. The Morgan fingerprint density at radius 2 is 2.05 bits per heavy atom. The van der Waals surface area contributed by atoms with E-state index < -0.39 is 18.2 Å². The minimum absolute atomic E-state index is 0.204. The Labute approximate surface area is 113 Å². The Bertz CT molecular complexity index is 607. The smallest absolute Gasteiger partial charge is 0.326 e. The molecule has 0 unspecified atom stereocenters. The van der Waals surface area contributed by atoms with Crippen molar-refractivity contribution in [3.8, 4) is 0 Å². The van der Waals surface area contributed by atoms with E-state index in [1.165, 1.54) is 0 Å². The van der Waals surface area contributed by atoms with Crippen LogP contribution in [0.3, 0.4) is 0 Å². The van der Waals surface area contributed by atoms with Crippen molar-refractivity contribution in [2.24, 2.45) is 5.73 Å². The molecule has 2 rings (SSSR count). The van der Waals surface area contributed by atoms with Gasteiger partial charge in [0.2, 0.25) is 0 Å². The van der Waals surface area contributed by atoms with Crippen molar-refractivity contribution in [3.05, 3.63) is 29.6 Å². The number of alkyl halides is 4. The number of imidazole rings is 1. The highest BCUT2D eigenvalue weighted by atomic mass is 19.3. The molecular formula is C13H15F4N3. The highest BCUT2D eigenvalue weighted by Gasteiger charge is 2.47. The molecule has 0 aliphatic heterocycles. The largest absolute Gasteiger partial charge is 0.364 e. The zero-order chi connectivity index (χ0) is 14.9. The van der Waals surface area contributed by atoms with Gasteiger partial charge in [-0.25, -0.2) is 13.8 Å². The molecule has 1 heterocycles. The van der Waals surface area contributed by atoms with Gasteiger partial charge < -0.3 is 10.3 Å². The van der Waals surface area contributed by atoms with E-state index in [4.69, 9.17) is 5.73 Å². The van der Waals surface area contributed by atoms with Crippen LogP contribution >= 0.6 is 0 Å². The molecule has 2 aromatic rings. The molecule has 20 heavy (non-hydrogen) atoms. The highest BCUT2D eigenvalue weighted by Crippen LogP contribution is 2.36. The maximum Gasteiger partial charge on any atom is 0.364 e. The lowest BCUT2D eigenvalue weighted by Crippen LogP contribution is -2.28. The molecule has 0 bridgehead atoms. The van der Waals surface area contributed by atoms with Gasteiger partial charge in [-0.05, 0) is 24.1 Å². The number of halogens is 4. The predicted molar refractivity (Wildman–Crippen MR) is 67.8 cm³/mol. The van der Waals surface area contributed by atoms with Gasteiger partial charge in [-0.1, -0.05) is 13.0 Å². The highest BCUT2D eigenvalue weighted by molar-refractivity contribution is 5.77. The number of hydrogen-bond acceptors (Lipinski definition) is 2. The molecule has 2 N–H and O–H groups in total. The molecule has 1 aromatic heterocycles. The van der Waals surface area contributed by atoms with Crippen molar-refractivity contribution >= 4 is 11.0 Å². The first-order valence-electron chi connectivity index (χ1n) is 6.27. The van der Waals surface area contributed by atoms with Crippen molar-refractivity contribution in [2.45, 2.75) is 38.8 Å². The first-order valence-corrected chi connectivity index (χ1v) is 6.27. The number of rotatable bonds is 5. The van der Waals surface area contributed by atoms with Gasteiger partial charge in [-0.2, -0.15) is 8.78 Å². The van der Waals surface area contributed by atoms with Gasteiger partial charge in [0.15, 0.2) is 5.82 Å². The van der Waals surface area contributed by atoms with E-state index in [9.17, 15) is 17.6 Å². The average Bonchev–Trinajstić information content (AvgIpc) is 2.77. The van der Waals surface area contributed by atoms with Crippen LogP contribution in [-0.4, -0.2) is 16.0 Å². The molecule has 0 spiro atoms. The van der Waals surface area contributed by atoms with Gasteiger partial charge in [-0.3, -0.25) is 0 Å². The molecule has 1 aromatic carbocycles. The van der Waals surface area contributed by atoms with E-state index in [2.05, 4.69) is 4.98 Å². The number of aromatic nitrogens is 2. The summed E-state index contributed by atoms with van der Waals surface area (Å²) in [6.07, 6.45) is -3.25. The molecule has 0 aliphatic carbocycles. The van der Waals surface area contributed by atoms with Gasteiger partial charge in [0, 0.05) is 13.1 Å². The Hall–Kier alpha value is -1.63. The summed E-state index contributed by atoms with van der Waals surface area (Å²) in [4.78, 5) is 3.71. The topological polar surface area (TPSA) is 43.8 Å². The number of benzene rings is 1. The second kappa shape index (κ2) is 5.40. The maximum absolute atomic E-state index is 13.6. The van der Waals surface area contributed by atoms with E-state index >= 15 is 0 Å². The van der Waals surface area contributed by atoms with Crippen molar-refractivity contribution in [3.63, 3.8) is 0 Å². The summed E-state index contributed by atoms with van der Waals surface area (Å²) in [5, 5.41) is 0. The third-order valence-electron chi connectivity index (χ3n) is 3.07. The second-order valence-corrected chi connectivity index (χ2v) is 4.54. The van der Waals surface area contributed by atoms with E-state index in [0.29, 0.717) is 17.5 Å². The molecule has 0 saturated carbocycles. The van der Waals surface area contributed by atoms with Crippen LogP contribution in [0.15, 0.2) is 18.2 Å². The standard InChI is InChI=1S/C13H15F4N3/c1-2-5-20-10-4-3-8(7-18)6-9(10)19-12(20)13(16,17)11(14)15/h3-4,6,11H,2,5,7,18H2,1H3. The lowest BCUT2D eigenvalue weighted by molar-refractivity contribution is -0.142. The Balaban J connectivity index is 2.66. The fourth-order valence-corrected chi connectivity index (χ4v) is 2.10. The Kier molecular flexibility index (Phi) is 3.99. The summed E-state index contributed by atoms with van der Waals surface area (Å²) >= 11 is 0. The van der Waals surface area contributed by atoms with Gasteiger partial charge in [0.25, 0.3) is 0 Å². The molecule has 0 amide bonds. The summed E-state index contributed by atoms with van der Waals surface area (Å²) in [7, 11) is 0. The van der Waals surface area contributed by atoms with Crippen LogP contribution < -0.4 is 5.73 Å². The molecule has 0 atom stereocenters. The summed E-state index contributed by atoms with van der Waals surface area (Å²) in [6, 6.07) is 4.82. The van der Waals surface area contributed by atoms with Gasteiger partial charge in [0.05, 0.1) is 11.0 Å². The fraction of sp³-hybridized carbons (Fsp3) is 0.462. The number of hydrogen-bond donors (Lipinski definition) is 1. The molecule has 0 aliphatic rings. The molecule has 0 fully saturated rings. The Morgan fingerprint density at radius 1 is 1.35 bits per heavy atom. The van der Waals surface area contributed by atoms with Crippen LogP contribution in [0, 0.1) is 0 Å².